The van der Waals surface area contributed by atoms with Gasteiger partial charge in [0.2, 0.25) is 0 Å². The van der Waals surface area contributed by atoms with E-state index in [1.54, 1.807) is 0 Å². The summed E-state index contributed by atoms with van der Waals surface area (Å²) in [4.78, 5) is 0. The standard InChI is InChI=1S/C18H42Ge2O/c1-13(2)19(14(3)4,15(5)6)21-20(16(7)8,17(9)10)18(11)12/h13-18H,1-12H3. The van der Waals surface area contributed by atoms with Gasteiger partial charge in [-0.25, -0.2) is 0 Å². The predicted octanol–water partition coefficient (Wildman–Crippen LogP) is 7.35. The molecule has 0 spiro atoms. The summed E-state index contributed by atoms with van der Waals surface area (Å²) in [5.74, 6) is 0. The second-order valence-electron chi connectivity index (χ2n) is 8.74. The van der Waals surface area contributed by atoms with Crippen molar-refractivity contribution in [2.24, 2.45) is 0 Å². The van der Waals surface area contributed by atoms with Crippen LogP contribution in [0.2, 0.25) is 28.5 Å². The van der Waals surface area contributed by atoms with Crippen molar-refractivity contribution >= 4 is 27.2 Å². The van der Waals surface area contributed by atoms with E-state index in [9.17, 15) is 0 Å². The molecule has 0 heterocycles. The van der Waals surface area contributed by atoms with Gasteiger partial charge in [-0.15, -0.1) is 0 Å². The Morgan fingerprint density at radius 2 is 0.524 bits per heavy atom. The molecule has 0 aliphatic heterocycles. The Bertz CT molecular complexity index is 233. The van der Waals surface area contributed by atoms with Crippen LogP contribution < -0.4 is 0 Å². The Morgan fingerprint density at radius 3 is 0.619 bits per heavy atom. The van der Waals surface area contributed by atoms with Crippen molar-refractivity contribution in [3.05, 3.63) is 0 Å². The third-order valence-electron chi connectivity index (χ3n) is 5.77. The molecule has 0 atom stereocenters. The molecule has 0 aromatic heterocycles. The topological polar surface area (TPSA) is 9.23 Å². The Balaban J connectivity index is 6.06. The van der Waals surface area contributed by atoms with E-state index < -0.39 is 27.2 Å². The van der Waals surface area contributed by atoms with Crippen LogP contribution in [0.3, 0.4) is 0 Å². The van der Waals surface area contributed by atoms with Crippen molar-refractivity contribution in [2.45, 2.75) is 112 Å². The second-order valence-corrected chi connectivity index (χ2v) is 33.1. The average Bonchev–Trinajstić information content (AvgIpc) is 2.26. The van der Waals surface area contributed by atoms with Gasteiger partial charge in [0.15, 0.2) is 0 Å². The zero-order chi connectivity index (χ0) is 17.2. The van der Waals surface area contributed by atoms with Crippen LogP contribution in [-0.2, 0) is 2.79 Å². The molecular formula is C18H42Ge2O. The van der Waals surface area contributed by atoms with E-state index in [4.69, 9.17) is 2.79 Å². The summed E-state index contributed by atoms with van der Waals surface area (Å²) in [6.07, 6.45) is 0. The van der Waals surface area contributed by atoms with Crippen molar-refractivity contribution in [3.8, 4) is 0 Å². The SMILES string of the molecule is C[CH](C)[Ge]([O][Ge]([CH](C)C)([CH](C)C)[CH](C)C)([CH](C)C)[CH](C)C. The zero-order valence-electron chi connectivity index (χ0n) is 16.9. The molecule has 128 valence electrons. The van der Waals surface area contributed by atoms with Crippen molar-refractivity contribution in [1.29, 1.82) is 0 Å². The summed E-state index contributed by atoms with van der Waals surface area (Å²) in [7, 11) is 0. The van der Waals surface area contributed by atoms with Crippen LogP contribution in [0, 0.1) is 0 Å². The van der Waals surface area contributed by atoms with Gasteiger partial charge in [-0.05, 0) is 0 Å². The van der Waals surface area contributed by atoms with Crippen LogP contribution in [0.1, 0.15) is 83.1 Å². The summed E-state index contributed by atoms with van der Waals surface area (Å²) < 4.78 is 12.0. The van der Waals surface area contributed by atoms with Gasteiger partial charge in [0.05, 0.1) is 0 Å². The van der Waals surface area contributed by atoms with Gasteiger partial charge in [-0.2, -0.15) is 0 Å². The molecule has 0 aliphatic carbocycles. The zero-order valence-corrected chi connectivity index (χ0v) is 21.1. The summed E-state index contributed by atoms with van der Waals surface area (Å²) in [6, 6.07) is 0. The molecule has 21 heavy (non-hydrogen) atoms. The van der Waals surface area contributed by atoms with Crippen LogP contribution >= 0.6 is 0 Å². The molecule has 0 N–H and O–H groups in total. The molecule has 0 saturated carbocycles. The van der Waals surface area contributed by atoms with E-state index in [1.165, 1.54) is 0 Å². The molecule has 0 radical (unpaired) electrons. The van der Waals surface area contributed by atoms with Crippen molar-refractivity contribution in [3.63, 3.8) is 0 Å². The molecule has 0 amide bonds. The molecule has 0 fully saturated rings. The van der Waals surface area contributed by atoms with Gasteiger partial charge in [0, 0.05) is 0 Å². The van der Waals surface area contributed by atoms with E-state index in [0.29, 0.717) is 0 Å². The van der Waals surface area contributed by atoms with E-state index in [1.807, 2.05) is 0 Å². The maximum absolute atomic E-state index is 7.57. The van der Waals surface area contributed by atoms with Crippen LogP contribution in [0.4, 0.5) is 0 Å². The Kier molecular flexibility index (Phi) is 8.65. The van der Waals surface area contributed by atoms with Gasteiger partial charge >= 0.3 is 142 Å². The fourth-order valence-electron chi connectivity index (χ4n) is 5.01. The Morgan fingerprint density at radius 1 is 0.381 bits per heavy atom. The third kappa shape index (κ3) is 4.12. The molecule has 0 aliphatic rings. The first-order chi connectivity index (χ1) is 9.37. The molecule has 0 rings (SSSR count). The van der Waals surface area contributed by atoms with Gasteiger partial charge < -0.3 is 0 Å². The molecule has 1 nitrogen and oxygen atoms in total. The van der Waals surface area contributed by atoms with Crippen molar-refractivity contribution in [2.75, 3.05) is 0 Å². The Hall–Kier alpha value is 1.05. The normalized spacial score (nSPS) is 14.6. The quantitative estimate of drug-likeness (QED) is 0.374. The summed E-state index contributed by atoms with van der Waals surface area (Å²) in [5.41, 5.74) is 0. The van der Waals surface area contributed by atoms with Crippen LogP contribution in [0.25, 0.3) is 0 Å². The first-order valence-electron chi connectivity index (χ1n) is 9.07. The van der Waals surface area contributed by atoms with E-state index in [2.05, 4.69) is 83.1 Å². The fraction of sp³-hybridized carbons (Fsp3) is 1.00. The van der Waals surface area contributed by atoms with Gasteiger partial charge in [0.25, 0.3) is 0 Å². The van der Waals surface area contributed by atoms with Crippen LogP contribution in [0.15, 0.2) is 0 Å². The van der Waals surface area contributed by atoms with Crippen LogP contribution in [0.5, 0.6) is 0 Å². The predicted molar refractivity (Wildman–Crippen MR) is 103 cm³/mol. The van der Waals surface area contributed by atoms with E-state index in [0.717, 1.165) is 28.5 Å². The minimum absolute atomic E-state index is 0.742. The van der Waals surface area contributed by atoms with Gasteiger partial charge in [-0.1, -0.05) is 0 Å². The van der Waals surface area contributed by atoms with Crippen LogP contribution in [-0.4, -0.2) is 27.2 Å². The maximum atomic E-state index is 7.57. The summed E-state index contributed by atoms with van der Waals surface area (Å²) in [6.45, 7) is 29.3. The monoisotopic (exact) mass is 422 g/mol. The van der Waals surface area contributed by atoms with Gasteiger partial charge in [-0.3, -0.25) is 0 Å². The third-order valence-corrected chi connectivity index (χ3v) is 37.7. The van der Waals surface area contributed by atoms with Gasteiger partial charge in [0.1, 0.15) is 0 Å². The molecule has 0 aromatic rings. The summed E-state index contributed by atoms with van der Waals surface area (Å²) in [5, 5.41) is 0. The molecule has 3 heteroatoms. The van der Waals surface area contributed by atoms with Crippen molar-refractivity contribution < 1.29 is 2.79 Å². The molecule has 0 saturated heterocycles. The average molecular weight is 420 g/mol. The molecule has 0 aromatic carbocycles. The van der Waals surface area contributed by atoms with Crippen molar-refractivity contribution in [1.82, 2.24) is 0 Å². The fourth-order valence-corrected chi connectivity index (χ4v) is 48.1. The summed E-state index contributed by atoms with van der Waals surface area (Å²) >= 11 is -4.78. The number of hydrogen-bond acceptors (Lipinski definition) is 1. The number of hydrogen-bond donors (Lipinski definition) is 0. The first kappa shape index (κ1) is 22.0. The second kappa shape index (κ2) is 8.24. The molecule has 0 unspecified atom stereocenters. The van der Waals surface area contributed by atoms with E-state index in [-0.39, 0.29) is 0 Å². The molecule has 0 bridgehead atoms. The number of rotatable bonds is 8. The minimum atomic E-state index is -2.39. The first-order valence-corrected chi connectivity index (χ1v) is 18.0. The van der Waals surface area contributed by atoms with E-state index >= 15 is 0 Å². The Labute approximate surface area is 141 Å². The molecular weight excluding hydrogens is 377 g/mol.